The van der Waals surface area contributed by atoms with E-state index in [0.717, 1.165) is 5.56 Å². The van der Waals surface area contributed by atoms with E-state index in [4.69, 9.17) is 16.3 Å². The fraction of sp³-hybridized carbons (Fsp3) is 0.0833. The average molecular weight is 344 g/mol. The van der Waals surface area contributed by atoms with Gasteiger partial charge in [-0.3, -0.25) is 10.1 Å². The van der Waals surface area contributed by atoms with E-state index in [-0.39, 0.29) is 22.3 Å². The number of hydrogen-bond acceptors (Lipinski definition) is 4. The summed E-state index contributed by atoms with van der Waals surface area (Å²) in [5.74, 6) is 0.236. The molecular formula is C12H8BrClN2O3. The van der Waals surface area contributed by atoms with Gasteiger partial charge in [-0.1, -0.05) is 17.7 Å². The third kappa shape index (κ3) is 3.21. The minimum atomic E-state index is -0.512. The number of aryl methyl sites for hydroxylation is 1. The fourth-order valence-corrected chi connectivity index (χ4v) is 2.10. The van der Waals surface area contributed by atoms with Crippen LogP contribution in [0.5, 0.6) is 11.6 Å². The van der Waals surface area contributed by atoms with Gasteiger partial charge in [0.05, 0.1) is 4.92 Å². The summed E-state index contributed by atoms with van der Waals surface area (Å²) in [7, 11) is 0. The van der Waals surface area contributed by atoms with Crippen molar-refractivity contribution in [2.24, 2.45) is 0 Å². The predicted molar refractivity (Wildman–Crippen MR) is 74.9 cm³/mol. The van der Waals surface area contributed by atoms with Crippen LogP contribution in [0, 0.1) is 17.0 Å². The molecular weight excluding hydrogens is 336 g/mol. The van der Waals surface area contributed by atoms with Crippen molar-refractivity contribution in [3.8, 4) is 11.6 Å². The average Bonchev–Trinajstić information content (AvgIpc) is 2.32. The molecule has 7 heteroatoms. The maximum Gasteiger partial charge on any atom is 0.311 e. The summed E-state index contributed by atoms with van der Waals surface area (Å²) in [6.07, 6.45) is 1.50. The molecule has 0 saturated heterocycles. The van der Waals surface area contributed by atoms with Crippen molar-refractivity contribution in [2.75, 3.05) is 0 Å². The van der Waals surface area contributed by atoms with Crippen LogP contribution in [-0.2, 0) is 0 Å². The number of halogens is 2. The van der Waals surface area contributed by atoms with Gasteiger partial charge < -0.3 is 4.74 Å². The Bertz CT molecular complexity index is 649. The second-order valence-corrected chi connectivity index (χ2v) is 5.09. The summed E-state index contributed by atoms with van der Waals surface area (Å²) in [5, 5.41) is 11.2. The first-order valence-corrected chi connectivity index (χ1v) is 6.38. The lowest BCUT2D eigenvalue weighted by Crippen LogP contribution is -1.95. The van der Waals surface area contributed by atoms with Crippen molar-refractivity contribution in [1.82, 2.24) is 4.98 Å². The minimum absolute atomic E-state index is 0.113. The van der Waals surface area contributed by atoms with Crippen LogP contribution in [0.2, 0.25) is 5.02 Å². The molecule has 0 spiro atoms. The Balaban J connectivity index is 2.42. The molecule has 0 N–H and O–H groups in total. The number of nitro benzene ring substituents is 1. The zero-order valence-electron chi connectivity index (χ0n) is 9.76. The van der Waals surface area contributed by atoms with Crippen LogP contribution in [0.3, 0.4) is 0 Å². The molecule has 0 aliphatic carbocycles. The maximum absolute atomic E-state index is 10.9. The van der Waals surface area contributed by atoms with Gasteiger partial charge in [0.25, 0.3) is 0 Å². The maximum atomic E-state index is 10.9. The summed E-state index contributed by atoms with van der Waals surface area (Å²) < 4.78 is 6.13. The zero-order chi connectivity index (χ0) is 14.0. The van der Waals surface area contributed by atoms with Gasteiger partial charge in [-0.15, -0.1) is 0 Å². The number of nitro groups is 1. The summed E-state index contributed by atoms with van der Waals surface area (Å²) in [6, 6.07) is 6.20. The molecule has 0 radical (unpaired) electrons. The van der Waals surface area contributed by atoms with Crippen molar-refractivity contribution in [1.29, 1.82) is 0 Å². The highest BCUT2D eigenvalue weighted by atomic mass is 79.9. The van der Waals surface area contributed by atoms with Gasteiger partial charge in [-0.2, -0.15) is 0 Å². The second-order valence-electron chi connectivity index (χ2n) is 3.77. The van der Waals surface area contributed by atoms with Crippen molar-refractivity contribution >= 4 is 33.2 Å². The van der Waals surface area contributed by atoms with Crippen LogP contribution < -0.4 is 4.74 Å². The molecule has 0 amide bonds. The van der Waals surface area contributed by atoms with Crippen molar-refractivity contribution < 1.29 is 9.66 Å². The third-order valence-corrected chi connectivity index (χ3v) is 3.00. The fourth-order valence-electron chi connectivity index (χ4n) is 1.44. The molecule has 98 valence electrons. The smallest absolute Gasteiger partial charge is 0.311 e. The molecule has 0 unspecified atom stereocenters. The quantitative estimate of drug-likeness (QED) is 0.607. The monoisotopic (exact) mass is 342 g/mol. The number of rotatable bonds is 3. The topological polar surface area (TPSA) is 65.3 Å². The Morgan fingerprint density at radius 1 is 1.42 bits per heavy atom. The van der Waals surface area contributed by atoms with Gasteiger partial charge in [0.2, 0.25) is 11.6 Å². The van der Waals surface area contributed by atoms with Gasteiger partial charge in [-0.25, -0.2) is 4.98 Å². The number of aromatic nitrogens is 1. The largest absolute Gasteiger partial charge is 0.430 e. The SMILES string of the molecule is Cc1ccc([N+](=O)[O-])c(Oc2ncc(Br)cc2Cl)c1. The zero-order valence-corrected chi connectivity index (χ0v) is 12.1. The first kappa shape index (κ1) is 13.8. The molecule has 2 rings (SSSR count). The van der Waals surface area contributed by atoms with Crippen molar-refractivity contribution in [2.45, 2.75) is 6.92 Å². The van der Waals surface area contributed by atoms with Crippen LogP contribution in [0.1, 0.15) is 5.56 Å². The van der Waals surface area contributed by atoms with Gasteiger partial charge in [0, 0.05) is 16.7 Å². The molecule has 2 aromatic rings. The Labute approximate surface area is 122 Å². The van der Waals surface area contributed by atoms with Gasteiger partial charge in [-0.05, 0) is 40.5 Å². The van der Waals surface area contributed by atoms with Crippen molar-refractivity contribution in [3.05, 3.63) is 55.6 Å². The van der Waals surface area contributed by atoms with Gasteiger partial charge in [0.15, 0.2) is 0 Å². The molecule has 0 atom stereocenters. The molecule has 19 heavy (non-hydrogen) atoms. The molecule has 1 heterocycles. The standard InChI is InChI=1S/C12H8BrClN2O3/c1-7-2-3-10(16(17)18)11(4-7)19-12-9(14)5-8(13)6-15-12/h2-6H,1H3. The molecule has 0 bridgehead atoms. The normalized spacial score (nSPS) is 10.3. The van der Waals surface area contributed by atoms with Crippen LogP contribution in [0.15, 0.2) is 34.9 Å². The lowest BCUT2D eigenvalue weighted by molar-refractivity contribution is -0.385. The lowest BCUT2D eigenvalue weighted by atomic mass is 10.2. The number of pyridine rings is 1. The Hall–Kier alpha value is -1.66. The molecule has 1 aromatic heterocycles. The Morgan fingerprint density at radius 3 is 2.79 bits per heavy atom. The molecule has 0 fully saturated rings. The van der Waals surface area contributed by atoms with E-state index < -0.39 is 4.92 Å². The highest BCUT2D eigenvalue weighted by Gasteiger charge is 2.17. The predicted octanol–water partition coefficient (Wildman–Crippen LogP) is 4.51. The van der Waals surface area contributed by atoms with E-state index in [9.17, 15) is 10.1 Å². The minimum Gasteiger partial charge on any atom is -0.430 e. The van der Waals surface area contributed by atoms with E-state index >= 15 is 0 Å². The summed E-state index contributed by atoms with van der Waals surface area (Å²) in [4.78, 5) is 14.4. The van der Waals surface area contributed by atoms with Crippen LogP contribution in [0.4, 0.5) is 5.69 Å². The number of nitrogens with zero attached hydrogens (tertiary/aromatic N) is 2. The van der Waals surface area contributed by atoms with Crippen LogP contribution >= 0.6 is 27.5 Å². The molecule has 0 aliphatic heterocycles. The summed E-state index contributed by atoms with van der Waals surface area (Å²) >= 11 is 9.18. The van der Waals surface area contributed by atoms with E-state index in [2.05, 4.69) is 20.9 Å². The highest BCUT2D eigenvalue weighted by Crippen LogP contribution is 2.34. The van der Waals surface area contributed by atoms with E-state index in [0.29, 0.717) is 4.47 Å². The first-order valence-electron chi connectivity index (χ1n) is 5.21. The molecule has 0 saturated carbocycles. The highest BCUT2D eigenvalue weighted by molar-refractivity contribution is 9.10. The number of benzene rings is 1. The second kappa shape index (κ2) is 5.54. The van der Waals surface area contributed by atoms with Gasteiger partial charge in [0.1, 0.15) is 5.02 Å². The third-order valence-electron chi connectivity index (χ3n) is 2.29. The van der Waals surface area contributed by atoms with E-state index in [1.807, 2.05) is 6.92 Å². The molecule has 0 aliphatic rings. The van der Waals surface area contributed by atoms with Crippen LogP contribution in [0.25, 0.3) is 0 Å². The Morgan fingerprint density at radius 2 is 2.16 bits per heavy atom. The van der Waals surface area contributed by atoms with Gasteiger partial charge >= 0.3 is 5.69 Å². The van der Waals surface area contributed by atoms with E-state index in [1.165, 1.54) is 12.3 Å². The summed E-state index contributed by atoms with van der Waals surface area (Å²) in [5.41, 5.74) is 0.709. The number of ether oxygens (including phenoxy) is 1. The lowest BCUT2D eigenvalue weighted by Gasteiger charge is -2.07. The Kier molecular flexibility index (Phi) is 4.01. The number of hydrogen-bond donors (Lipinski definition) is 0. The van der Waals surface area contributed by atoms with E-state index in [1.54, 1.807) is 18.2 Å². The molecule has 1 aromatic carbocycles. The van der Waals surface area contributed by atoms with Crippen LogP contribution in [-0.4, -0.2) is 9.91 Å². The van der Waals surface area contributed by atoms with Crippen molar-refractivity contribution in [3.63, 3.8) is 0 Å². The molecule has 5 nitrogen and oxygen atoms in total. The first-order chi connectivity index (χ1) is 8.97. The summed E-state index contributed by atoms with van der Waals surface area (Å²) in [6.45, 7) is 1.81.